The average molecular weight is 578 g/mol. The van der Waals surface area contributed by atoms with Crippen molar-refractivity contribution in [3.63, 3.8) is 0 Å². The van der Waals surface area contributed by atoms with Gasteiger partial charge in [-0.1, -0.05) is 48.5 Å². The Bertz CT molecular complexity index is 1230. The van der Waals surface area contributed by atoms with Crippen LogP contribution in [0, 0.1) is 13.8 Å². The number of rotatable bonds is 11. The fourth-order valence-corrected chi connectivity index (χ4v) is 4.48. The Labute approximate surface area is 242 Å². The summed E-state index contributed by atoms with van der Waals surface area (Å²) >= 11 is 0. The maximum absolute atomic E-state index is 13.5. The fraction of sp³-hybridized carbons (Fsp3) is 0.393. The number of aryl methyl sites for hydroxylation is 2. The summed E-state index contributed by atoms with van der Waals surface area (Å²) in [4.78, 5) is 28.2. The first-order chi connectivity index (χ1) is 17.9. The molecular formula is C28H38Cl2N6O3. The molecule has 2 N–H and O–H groups in total. The third kappa shape index (κ3) is 8.19. The SMILES string of the molecule is CCNCCNC(=O)CN(CC(=O)N(C)N1Cc2ccccc2C1)c1cc(-c2cc(C)no2)ccc1C.Cl.Cl. The standard InChI is InChI=1S/C28H36N6O3.2ClH/c1-5-29-12-13-30-27(35)18-33(25-15-22(11-10-20(25)2)26-14-21(3)31-37-26)19-28(36)32(4)34-16-23-8-6-7-9-24(23)17-34;;/h6-11,14-15,29H,5,12-13,16-19H2,1-4H3,(H,30,35);2*1H. The summed E-state index contributed by atoms with van der Waals surface area (Å²) in [6.07, 6.45) is 0. The molecule has 0 spiro atoms. The lowest BCUT2D eigenvalue weighted by Gasteiger charge is -2.32. The van der Waals surface area contributed by atoms with E-state index >= 15 is 0 Å². The number of fused-ring (bicyclic) bond motifs is 1. The normalized spacial score (nSPS) is 12.2. The molecule has 1 aliphatic heterocycles. The molecule has 0 saturated carbocycles. The van der Waals surface area contributed by atoms with Gasteiger partial charge in [-0.25, -0.2) is 5.01 Å². The summed E-state index contributed by atoms with van der Waals surface area (Å²) in [5.41, 5.74) is 5.85. The summed E-state index contributed by atoms with van der Waals surface area (Å²) in [5.74, 6) is 0.419. The van der Waals surface area contributed by atoms with Crippen LogP contribution in [0.4, 0.5) is 5.69 Å². The van der Waals surface area contributed by atoms with Crippen LogP contribution in [0.15, 0.2) is 53.1 Å². The Morgan fingerprint density at radius 3 is 2.31 bits per heavy atom. The van der Waals surface area contributed by atoms with Crippen LogP contribution in [-0.4, -0.2) is 66.8 Å². The van der Waals surface area contributed by atoms with Crippen LogP contribution in [0.1, 0.15) is 29.3 Å². The third-order valence-electron chi connectivity index (χ3n) is 6.61. The molecule has 2 amide bonds. The molecule has 9 nitrogen and oxygen atoms in total. The molecule has 11 heteroatoms. The number of nitrogens with one attached hydrogen (secondary N) is 2. The summed E-state index contributed by atoms with van der Waals surface area (Å²) in [5, 5.41) is 13.9. The van der Waals surface area contributed by atoms with Crippen molar-refractivity contribution in [2.24, 2.45) is 0 Å². The van der Waals surface area contributed by atoms with E-state index in [-0.39, 0.29) is 49.7 Å². The first-order valence-electron chi connectivity index (χ1n) is 12.7. The van der Waals surface area contributed by atoms with E-state index < -0.39 is 0 Å². The van der Waals surface area contributed by atoms with E-state index in [9.17, 15) is 9.59 Å². The molecule has 0 aliphatic carbocycles. The molecule has 1 aromatic heterocycles. The predicted molar refractivity (Wildman–Crippen MR) is 158 cm³/mol. The topological polar surface area (TPSA) is 93.9 Å². The third-order valence-corrected chi connectivity index (χ3v) is 6.61. The van der Waals surface area contributed by atoms with Gasteiger partial charge in [0.2, 0.25) is 5.91 Å². The molecular weight excluding hydrogens is 539 g/mol. The second-order valence-electron chi connectivity index (χ2n) is 9.40. The number of halogens is 2. The number of hydrazine groups is 1. The number of anilines is 1. The van der Waals surface area contributed by atoms with Crippen molar-refractivity contribution in [1.29, 1.82) is 0 Å². The van der Waals surface area contributed by atoms with Gasteiger partial charge < -0.3 is 20.1 Å². The molecule has 0 radical (unpaired) electrons. The Hall–Kier alpha value is -3.11. The summed E-state index contributed by atoms with van der Waals surface area (Å²) in [6.45, 7) is 9.42. The number of aromatic nitrogens is 1. The Morgan fingerprint density at radius 2 is 1.69 bits per heavy atom. The van der Waals surface area contributed by atoms with Gasteiger partial charge in [0.1, 0.15) is 0 Å². The summed E-state index contributed by atoms with van der Waals surface area (Å²) in [7, 11) is 1.80. The molecule has 0 atom stereocenters. The second kappa shape index (κ2) is 14.9. The number of amides is 2. The maximum Gasteiger partial charge on any atom is 0.256 e. The number of benzene rings is 2. The minimum atomic E-state index is -0.137. The molecule has 0 unspecified atom stereocenters. The Morgan fingerprint density at radius 1 is 1.00 bits per heavy atom. The van der Waals surface area contributed by atoms with Crippen LogP contribution >= 0.6 is 24.8 Å². The average Bonchev–Trinajstić information content (AvgIpc) is 3.52. The highest BCUT2D eigenvalue weighted by Crippen LogP contribution is 2.29. The number of hydrogen-bond acceptors (Lipinski definition) is 7. The molecule has 0 saturated heterocycles. The van der Waals surface area contributed by atoms with Gasteiger partial charge in [-0.2, -0.15) is 0 Å². The van der Waals surface area contributed by atoms with Crippen LogP contribution in [0.5, 0.6) is 0 Å². The number of nitrogens with zero attached hydrogens (tertiary/aromatic N) is 4. The molecule has 39 heavy (non-hydrogen) atoms. The minimum absolute atomic E-state index is 0. The summed E-state index contributed by atoms with van der Waals surface area (Å²) < 4.78 is 5.46. The van der Waals surface area contributed by atoms with Crippen LogP contribution in [0.3, 0.4) is 0 Å². The van der Waals surface area contributed by atoms with E-state index in [0.717, 1.165) is 29.1 Å². The molecule has 1 aliphatic rings. The van der Waals surface area contributed by atoms with E-state index in [1.54, 1.807) is 12.1 Å². The lowest BCUT2D eigenvalue weighted by atomic mass is 10.1. The zero-order valence-electron chi connectivity index (χ0n) is 22.9. The highest BCUT2D eigenvalue weighted by atomic mass is 35.5. The quantitative estimate of drug-likeness (QED) is 0.336. The van der Waals surface area contributed by atoms with E-state index in [2.05, 4.69) is 27.9 Å². The van der Waals surface area contributed by atoms with Gasteiger partial charge >= 0.3 is 0 Å². The number of carbonyl (C=O) groups is 2. The van der Waals surface area contributed by atoms with Crippen molar-refractivity contribution in [3.8, 4) is 11.3 Å². The van der Waals surface area contributed by atoms with Crippen LogP contribution < -0.4 is 15.5 Å². The number of likely N-dealkylation sites (N-methyl/N-ethyl adjacent to an activating group) is 2. The predicted octanol–water partition coefficient (Wildman–Crippen LogP) is 3.72. The molecule has 0 fully saturated rings. The van der Waals surface area contributed by atoms with Gasteiger partial charge in [0.15, 0.2) is 5.76 Å². The van der Waals surface area contributed by atoms with Crippen molar-refractivity contribution >= 4 is 42.3 Å². The van der Waals surface area contributed by atoms with Crippen LogP contribution in [-0.2, 0) is 22.7 Å². The smallest absolute Gasteiger partial charge is 0.256 e. The summed E-state index contributed by atoms with van der Waals surface area (Å²) in [6, 6.07) is 16.0. The van der Waals surface area contributed by atoms with Gasteiger partial charge in [-0.3, -0.25) is 14.6 Å². The van der Waals surface area contributed by atoms with Crippen molar-refractivity contribution in [2.45, 2.75) is 33.9 Å². The zero-order chi connectivity index (χ0) is 26.4. The lowest BCUT2D eigenvalue weighted by molar-refractivity contribution is -0.145. The first kappa shape index (κ1) is 32.1. The molecule has 2 heterocycles. The highest BCUT2D eigenvalue weighted by molar-refractivity contribution is 5.87. The first-order valence-corrected chi connectivity index (χ1v) is 12.7. The minimum Gasteiger partial charge on any atom is -0.356 e. The van der Waals surface area contributed by atoms with Crippen molar-refractivity contribution in [2.75, 3.05) is 44.7 Å². The zero-order valence-corrected chi connectivity index (χ0v) is 24.5. The van der Waals surface area contributed by atoms with Gasteiger partial charge in [-0.05, 0) is 43.1 Å². The van der Waals surface area contributed by atoms with E-state index in [1.807, 2.05) is 67.1 Å². The van der Waals surface area contributed by atoms with E-state index in [0.29, 0.717) is 31.9 Å². The van der Waals surface area contributed by atoms with Gasteiger partial charge in [-0.15, -0.1) is 24.8 Å². The number of carbonyl (C=O) groups excluding carboxylic acids is 2. The van der Waals surface area contributed by atoms with Gasteiger partial charge in [0.25, 0.3) is 5.91 Å². The molecule has 212 valence electrons. The Balaban J connectivity index is 0.00000267. The van der Waals surface area contributed by atoms with Crippen molar-refractivity contribution in [3.05, 3.63) is 70.9 Å². The van der Waals surface area contributed by atoms with Crippen LogP contribution in [0.25, 0.3) is 11.3 Å². The second-order valence-corrected chi connectivity index (χ2v) is 9.40. The van der Waals surface area contributed by atoms with Crippen molar-refractivity contribution in [1.82, 2.24) is 25.8 Å². The van der Waals surface area contributed by atoms with Crippen LogP contribution in [0.2, 0.25) is 0 Å². The van der Waals surface area contributed by atoms with Gasteiger partial charge in [0, 0.05) is 50.5 Å². The number of hydrogen-bond donors (Lipinski definition) is 2. The molecule has 2 aromatic carbocycles. The highest BCUT2D eigenvalue weighted by Gasteiger charge is 2.27. The molecule has 0 bridgehead atoms. The van der Waals surface area contributed by atoms with Gasteiger partial charge in [0.05, 0.1) is 18.8 Å². The van der Waals surface area contributed by atoms with E-state index in [4.69, 9.17) is 4.52 Å². The lowest BCUT2D eigenvalue weighted by Crippen LogP contribution is -2.48. The largest absolute Gasteiger partial charge is 0.356 e. The monoisotopic (exact) mass is 576 g/mol. The van der Waals surface area contributed by atoms with E-state index in [1.165, 1.54) is 11.1 Å². The van der Waals surface area contributed by atoms with Crippen molar-refractivity contribution < 1.29 is 14.1 Å². The maximum atomic E-state index is 13.5. The Kier molecular flexibility index (Phi) is 12.3. The molecule has 3 aromatic rings. The molecule has 4 rings (SSSR count). The fourth-order valence-electron chi connectivity index (χ4n) is 4.48.